The smallest absolute Gasteiger partial charge is 0.177 e. The normalized spacial score (nSPS) is 22.5. The van der Waals surface area contributed by atoms with E-state index in [4.69, 9.17) is 20.4 Å². The van der Waals surface area contributed by atoms with Crippen molar-refractivity contribution >= 4 is 5.84 Å². The number of nitrogens with two attached hydrogens (primary N) is 1. The van der Waals surface area contributed by atoms with Gasteiger partial charge in [0.1, 0.15) is 5.84 Å². The zero-order chi connectivity index (χ0) is 9.90. The predicted molar refractivity (Wildman–Crippen MR) is 47.5 cm³/mol. The molecule has 5 heteroatoms. The Labute approximate surface area is 77.5 Å². The average Bonchev–Trinajstić information content (AvgIpc) is 2.54. The van der Waals surface area contributed by atoms with Crippen molar-refractivity contribution in [3.05, 3.63) is 0 Å². The van der Waals surface area contributed by atoms with E-state index in [1.807, 2.05) is 13.8 Å². The summed E-state index contributed by atoms with van der Waals surface area (Å²) in [6.45, 7) is 5.10. The second kappa shape index (κ2) is 3.93. The minimum Gasteiger partial charge on any atom is -0.409 e. The zero-order valence-electron chi connectivity index (χ0n) is 7.99. The van der Waals surface area contributed by atoms with Crippen molar-refractivity contribution in [2.45, 2.75) is 26.1 Å². The molecule has 0 aromatic heterocycles. The average molecular weight is 188 g/mol. The van der Waals surface area contributed by atoms with E-state index in [1.54, 1.807) is 0 Å². The van der Waals surface area contributed by atoms with E-state index in [-0.39, 0.29) is 11.8 Å². The van der Waals surface area contributed by atoms with Crippen molar-refractivity contribution in [3.63, 3.8) is 0 Å². The number of hydrogen-bond acceptors (Lipinski definition) is 4. The van der Waals surface area contributed by atoms with E-state index in [0.29, 0.717) is 19.6 Å². The Kier molecular flexibility index (Phi) is 3.11. The third-order valence-electron chi connectivity index (χ3n) is 2.21. The summed E-state index contributed by atoms with van der Waals surface area (Å²) in [5.41, 5.74) is 5.42. The van der Waals surface area contributed by atoms with Gasteiger partial charge in [0.2, 0.25) is 0 Å². The standard InChI is InChI=1S/C8H16N2O3/c1-6(2)8(5-7(9)10-11)12-3-4-13-8/h6,11H,3-5H2,1-2H3,(H2,9,10). The Balaban J connectivity index is 2.68. The Bertz CT molecular complexity index is 198. The zero-order valence-corrected chi connectivity index (χ0v) is 7.99. The summed E-state index contributed by atoms with van der Waals surface area (Å²) in [5.74, 6) is -0.387. The van der Waals surface area contributed by atoms with Crippen molar-refractivity contribution in [1.29, 1.82) is 0 Å². The highest BCUT2D eigenvalue weighted by atomic mass is 16.7. The highest BCUT2D eigenvalue weighted by molar-refractivity contribution is 5.80. The van der Waals surface area contributed by atoms with E-state index >= 15 is 0 Å². The molecule has 0 atom stereocenters. The molecule has 1 saturated heterocycles. The molecule has 1 rings (SSSR count). The Morgan fingerprint density at radius 2 is 2.08 bits per heavy atom. The lowest BCUT2D eigenvalue weighted by atomic mass is 9.99. The molecule has 1 aliphatic rings. The van der Waals surface area contributed by atoms with Gasteiger partial charge in [0.15, 0.2) is 5.79 Å². The lowest BCUT2D eigenvalue weighted by Crippen LogP contribution is -2.40. The quantitative estimate of drug-likeness (QED) is 0.293. The molecule has 3 N–H and O–H groups in total. The van der Waals surface area contributed by atoms with Gasteiger partial charge in [-0.1, -0.05) is 19.0 Å². The van der Waals surface area contributed by atoms with Crippen LogP contribution < -0.4 is 5.73 Å². The van der Waals surface area contributed by atoms with Gasteiger partial charge in [0.05, 0.1) is 19.6 Å². The number of oxime groups is 1. The molecule has 1 heterocycles. The first kappa shape index (κ1) is 10.3. The number of rotatable bonds is 3. The molecule has 0 radical (unpaired) electrons. The topological polar surface area (TPSA) is 77.1 Å². The summed E-state index contributed by atoms with van der Waals surface area (Å²) in [6.07, 6.45) is 0.307. The van der Waals surface area contributed by atoms with Crippen LogP contribution in [0.25, 0.3) is 0 Å². The minimum absolute atomic E-state index is 0.135. The van der Waals surface area contributed by atoms with Crippen LogP contribution in [0.15, 0.2) is 5.16 Å². The van der Waals surface area contributed by atoms with E-state index in [0.717, 1.165) is 0 Å². The van der Waals surface area contributed by atoms with Crippen LogP contribution in [-0.2, 0) is 9.47 Å². The summed E-state index contributed by atoms with van der Waals surface area (Å²) in [6, 6.07) is 0. The van der Waals surface area contributed by atoms with Gasteiger partial charge in [-0.05, 0) is 0 Å². The molecule has 0 aromatic rings. The Morgan fingerprint density at radius 1 is 1.54 bits per heavy atom. The lowest BCUT2D eigenvalue weighted by molar-refractivity contribution is -0.181. The second-order valence-corrected chi connectivity index (χ2v) is 3.43. The van der Waals surface area contributed by atoms with Gasteiger partial charge in [-0.25, -0.2) is 0 Å². The van der Waals surface area contributed by atoms with Crippen molar-refractivity contribution in [3.8, 4) is 0 Å². The van der Waals surface area contributed by atoms with E-state index in [9.17, 15) is 0 Å². The van der Waals surface area contributed by atoms with Crippen molar-refractivity contribution in [2.24, 2.45) is 16.8 Å². The van der Waals surface area contributed by atoms with Gasteiger partial charge < -0.3 is 20.4 Å². The SMILES string of the molecule is CC(C)C1(CC(N)=NO)OCCO1. The van der Waals surface area contributed by atoms with Gasteiger partial charge in [-0.3, -0.25) is 0 Å². The first-order chi connectivity index (χ1) is 6.10. The van der Waals surface area contributed by atoms with Crippen LogP contribution in [0.1, 0.15) is 20.3 Å². The number of ether oxygens (including phenoxy) is 2. The van der Waals surface area contributed by atoms with Crippen LogP contribution in [0.5, 0.6) is 0 Å². The maximum Gasteiger partial charge on any atom is 0.177 e. The summed E-state index contributed by atoms with van der Waals surface area (Å²) in [4.78, 5) is 0. The molecular weight excluding hydrogens is 172 g/mol. The molecule has 13 heavy (non-hydrogen) atoms. The third kappa shape index (κ3) is 2.10. The lowest BCUT2D eigenvalue weighted by Gasteiger charge is -2.30. The molecule has 1 aliphatic heterocycles. The van der Waals surface area contributed by atoms with E-state index in [1.165, 1.54) is 0 Å². The summed E-state index contributed by atoms with van der Waals surface area (Å²) >= 11 is 0. The van der Waals surface area contributed by atoms with E-state index < -0.39 is 5.79 Å². The summed E-state index contributed by atoms with van der Waals surface area (Å²) in [7, 11) is 0. The summed E-state index contributed by atoms with van der Waals surface area (Å²) < 4.78 is 11.0. The van der Waals surface area contributed by atoms with Crippen molar-refractivity contribution in [1.82, 2.24) is 0 Å². The van der Waals surface area contributed by atoms with Gasteiger partial charge >= 0.3 is 0 Å². The molecule has 0 amide bonds. The molecule has 5 nitrogen and oxygen atoms in total. The van der Waals surface area contributed by atoms with Gasteiger partial charge in [0.25, 0.3) is 0 Å². The molecule has 0 unspecified atom stereocenters. The van der Waals surface area contributed by atoms with Crippen LogP contribution in [0.2, 0.25) is 0 Å². The fourth-order valence-corrected chi connectivity index (χ4v) is 1.40. The first-order valence-electron chi connectivity index (χ1n) is 4.35. The van der Waals surface area contributed by atoms with Gasteiger partial charge in [-0.15, -0.1) is 0 Å². The molecule has 0 bridgehead atoms. The Hall–Kier alpha value is -0.810. The number of hydrogen-bond donors (Lipinski definition) is 2. The molecule has 0 aromatic carbocycles. The van der Waals surface area contributed by atoms with Crippen LogP contribution in [0.4, 0.5) is 0 Å². The van der Waals surface area contributed by atoms with E-state index in [2.05, 4.69) is 5.16 Å². The fraction of sp³-hybridized carbons (Fsp3) is 0.875. The fourth-order valence-electron chi connectivity index (χ4n) is 1.40. The second-order valence-electron chi connectivity index (χ2n) is 3.43. The van der Waals surface area contributed by atoms with Crippen LogP contribution >= 0.6 is 0 Å². The number of amidine groups is 1. The minimum atomic E-state index is -0.698. The number of nitrogens with zero attached hydrogens (tertiary/aromatic N) is 1. The van der Waals surface area contributed by atoms with Crippen LogP contribution in [0, 0.1) is 5.92 Å². The molecular formula is C8H16N2O3. The maximum absolute atomic E-state index is 8.44. The highest BCUT2D eigenvalue weighted by Gasteiger charge is 2.40. The first-order valence-corrected chi connectivity index (χ1v) is 4.35. The summed E-state index contributed by atoms with van der Waals surface area (Å²) in [5, 5.41) is 11.4. The van der Waals surface area contributed by atoms with Crippen LogP contribution in [-0.4, -0.2) is 30.0 Å². The van der Waals surface area contributed by atoms with Crippen molar-refractivity contribution < 1.29 is 14.7 Å². The van der Waals surface area contributed by atoms with Crippen LogP contribution in [0.3, 0.4) is 0 Å². The molecule has 76 valence electrons. The molecule has 0 saturated carbocycles. The predicted octanol–water partition coefficient (Wildman–Crippen LogP) is 0.522. The monoisotopic (exact) mass is 188 g/mol. The van der Waals surface area contributed by atoms with Gasteiger partial charge in [0, 0.05) is 5.92 Å². The Morgan fingerprint density at radius 3 is 2.46 bits per heavy atom. The van der Waals surface area contributed by atoms with Crippen molar-refractivity contribution in [2.75, 3.05) is 13.2 Å². The molecule has 1 fully saturated rings. The largest absolute Gasteiger partial charge is 0.409 e. The maximum atomic E-state index is 8.44. The molecule has 0 spiro atoms. The highest BCUT2D eigenvalue weighted by Crippen LogP contribution is 2.31. The molecule has 0 aliphatic carbocycles. The van der Waals surface area contributed by atoms with Gasteiger partial charge in [-0.2, -0.15) is 0 Å². The third-order valence-corrected chi connectivity index (χ3v) is 2.21.